The van der Waals surface area contributed by atoms with E-state index in [2.05, 4.69) is 46.3 Å². The minimum Gasteiger partial charge on any atom is -0.352 e. The van der Waals surface area contributed by atoms with Crippen LogP contribution in [0.4, 0.5) is 5.82 Å². The van der Waals surface area contributed by atoms with Crippen molar-refractivity contribution >= 4 is 23.3 Å². The zero-order valence-electron chi connectivity index (χ0n) is 17.1. The van der Waals surface area contributed by atoms with Crippen LogP contribution in [0.25, 0.3) is 11.3 Å². The molecule has 2 heterocycles. The third-order valence-electron chi connectivity index (χ3n) is 5.56. The van der Waals surface area contributed by atoms with Crippen molar-refractivity contribution in [3.63, 3.8) is 0 Å². The molecule has 0 N–H and O–H groups in total. The van der Waals surface area contributed by atoms with Crippen molar-refractivity contribution in [1.82, 2.24) is 15.1 Å². The van der Waals surface area contributed by atoms with E-state index in [9.17, 15) is 4.79 Å². The van der Waals surface area contributed by atoms with Gasteiger partial charge in [-0.1, -0.05) is 61.0 Å². The molecule has 1 aromatic heterocycles. The quantitative estimate of drug-likeness (QED) is 0.619. The molecule has 1 aliphatic rings. The fourth-order valence-electron chi connectivity index (χ4n) is 3.66. The fraction of sp³-hybridized carbons (Fsp3) is 0.292. The molecule has 154 valence electrons. The van der Waals surface area contributed by atoms with Crippen LogP contribution in [0, 0.1) is 0 Å². The van der Waals surface area contributed by atoms with Crippen LogP contribution in [0.15, 0.2) is 60.7 Å². The van der Waals surface area contributed by atoms with Gasteiger partial charge in [-0.15, -0.1) is 10.2 Å². The number of piperazine rings is 1. The van der Waals surface area contributed by atoms with E-state index in [-0.39, 0.29) is 5.91 Å². The number of hydrogen-bond donors (Lipinski definition) is 0. The Bertz CT molecular complexity index is 996. The van der Waals surface area contributed by atoms with Crippen molar-refractivity contribution < 1.29 is 4.79 Å². The number of carbonyl (C=O) groups excluding carboxylic acids is 1. The van der Waals surface area contributed by atoms with Gasteiger partial charge in [-0.25, -0.2) is 0 Å². The maximum absolute atomic E-state index is 12.6. The molecule has 4 rings (SSSR count). The predicted octanol–water partition coefficient (Wildman–Crippen LogP) is 4.25. The molecule has 1 saturated heterocycles. The number of anilines is 1. The zero-order valence-corrected chi connectivity index (χ0v) is 17.8. The van der Waals surface area contributed by atoms with Crippen LogP contribution in [-0.4, -0.2) is 47.2 Å². The molecular weight excluding hydrogens is 396 g/mol. The van der Waals surface area contributed by atoms with Crippen LogP contribution < -0.4 is 4.90 Å². The minimum atomic E-state index is 0.111. The molecule has 1 aliphatic heterocycles. The molecule has 0 atom stereocenters. The van der Waals surface area contributed by atoms with E-state index in [1.165, 1.54) is 5.56 Å². The highest BCUT2D eigenvalue weighted by Crippen LogP contribution is 2.21. The number of aromatic nitrogens is 2. The Balaban J connectivity index is 1.34. The third-order valence-corrected chi connectivity index (χ3v) is 5.93. The van der Waals surface area contributed by atoms with E-state index in [1.54, 1.807) is 0 Å². The van der Waals surface area contributed by atoms with Gasteiger partial charge >= 0.3 is 0 Å². The van der Waals surface area contributed by atoms with Crippen molar-refractivity contribution in [2.45, 2.75) is 19.8 Å². The first-order valence-electron chi connectivity index (χ1n) is 10.3. The van der Waals surface area contributed by atoms with E-state index in [0.717, 1.165) is 42.1 Å². The molecular formula is C24H25ClN4O. The maximum Gasteiger partial charge on any atom is 0.227 e. The van der Waals surface area contributed by atoms with Crippen LogP contribution in [-0.2, 0) is 17.6 Å². The second-order valence-electron chi connectivity index (χ2n) is 7.46. The lowest BCUT2D eigenvalue weighted by atomic mass is 10.1. The highest BCUT2D eigenvalue weighted by atomic mass is 35.5. The zero-order chi connectivity index (χ0) is 20.9. The van der Waals surface area contributed by atoms with Gasteiger partial charge in [0, 0.05) is 36.8 Å². The first kappa shape index (κ1) is 20.4. The van der Waals surface area contributed by atoms with Crippen LogP contribution in [0.1, 0.15) is 18.1 Å². The first-order valence-corrected chi connectivity index (χ1v) is 10.7. The Morgan fingerprint density at radius 1 is 0.933 bits per heavy atom. The minimum absolute atomic E-state index is 0.111. The Morgan fingerprint density at radius 3 is 2.30 bits per heavy atom. The number of amides is 1. The molecule has 0 aliphatic carbocycles. The molecule has 1 fully saturated rings. The highest BCUT2D eigenvalue weighted by Gasteiger charge is 2.22. The summed E-state index contributed by atoms with van der Waals surface area (Å²) in [5.41, 5.74) is 4.13. The summed E-state index contributed by atoms with van der Waals surface area (Å²) in [4.78, 5) is 16.7. The summed E-state index contributed by atoms with van der Waals surface area (Å²) in [6, 6.07) is 20.0. The normalized spacial score (nSPS) is 14.1. The van der Waals surface area contributed by atoms with E-state index in [0.29, 0.717) is 24.5 Å². The Morgan fingerprint density at radius 2 is 1.67 bits per heavy atom. The molecule has 0 spiro atoms. The Hall–Kier alpha value is -2.92. The van der Waals surface area contributed by atoms with Gasteiger partial charge in [-0.3, -0.25) is 4.79 Å². The highest BCUT2D eigenvalue weighted by molar-refractivity contribution is 6.31. The number of carbonyl (C=O) groups is 1. The molecule has 2 aromatic carbocycles. The van der Waals surface area contributed by atoms with E-state index in [4.69, 9.17) is 11.6 Å². The van der Waals surface area contributed by atoms with Gasteiger partial charge in [0.25, 0.3) is 0 Å². The molecule has 5 nitrogen and oxygen atoms in total. The average Bonchev–Trinajstić information content (AvgIpc) is 2.81. The summed E-state index contributed by atoms with van der Waals surface area (Å²) in [6.07, 6.45) is 1.36. The van der Waals surface area contributed by atoms with Gasteiger partial charge in [0.05, 0.1) is 12.1 Å². The standard InChI is InChI=1S/C24H25ClN4O/c1-2-18-7-9-19(10-8-18)22-11-12-23(27-26-22)28-13-15-29(16-14-28)24(30)17-20-5-3-4-6-21(20)25/h3-12H,2,13-17H2,1H3. The summed E-state index contributed by atoms with van der Waals surface area (Å²) >= 11 is 6.19. The number of hydrogen-bond acceptors (Lipinski definition) is 4. The van der Waals surface area contributed by atoms with E-state index in [1.807, 2.05) is 41.3 Å². The predicted molar refractivity (Wildman–Crippen MR) is 121 cm³/mol. The molecule has 1 amide bonds. The fourth-order valence-corrected chi connectivity index (χ4v) is 3.86. The molecule has 0 radical (unpaired) electrons. The monoisotopic (exact) mass is 420 g/mol. The van der Waals surface area contributed by atoms with E-state index >= 15 is 0 Å². The summed E-state index contributed by atoms with van der Waals surface area (Å²) in [5, 5.41) is 9.48. The van der Waals surface area contributed by atoms with Gasteiger partial charge < -0.3 is 9.80 Å². The van der Waals surface area contributed by atoms with Crippen LogP contribution >= 0.6 is 11.6 Å². The summed E-state index contributed by atoms with van der Waals surface area (Å²) in [5.74, 6) is 0.960. The number of rotatable bonds is 5. The Kier molecular flexibility index (Phi) is 6.29. The van der Waals surface area contributed by atoms with Crippen molar-refractivity contribution in [1.29, 1.82) is 0 Å². The van der Waals surface area contributed by atoms with E-state index < -0.39 is 0 Å². The third kappa shape index (κ3) is 4.62. The van der Waals surface area contributed by atoms with Gasteiger partial charge in [-0.05, 0) is 35.7 Å². The van der Waals surface area contributed by atoms with Crippen molar-refractivity contribution in [2.75, 3.05) is 31.1 Å². The summed E-state index contributed by atoms with van der Waals surface area (Å²) < 4.78 is 0. The second kappa shape index (κ2) is 9.26. The second-order valence-corrected chi connectivity index (χ2v) is 7.87. The number of aryl methyl sites for hydroxylation is 1. The molecule has 0 unspecified atom stereocenters. The molecule has 30 heavy (non-hydrogen) atoms. The van der Waals surface area contributed by atoms with Crippen LogP contribution in [0.5, 0.6) is 0 Å². The number of nitrogens with zero attached hydrogens (tertiary/aromatic N) is 4. The smallest absolute Gasteiger partial charge is 0.227 e. The van der Waals surface area contributed by atoms with Crippen molar-refractivity contribution in [2.24, 2.45) is 0 Å². The maximum atomic E-state index is 12.6. The first-order chi connectivity index (χ1) is 14.6. The number of benzene rings is 2. The lowest BCUT2D eigenvalue weighted by molar-refractivity contribution is -0.130. The lowest BCUT2D eigenvalue weighted by Gasteiger charge is -2.35. The van der Waals surface area contributed by atoms with Crippen LogP contribution in [0.2, 0.25) is 5.02 Å². The molecule has 0 bridgehead atoms. The topological polar surface area (TPSA) is 49.3 Å². The van der Waals surface area contributed by atoms with Crippen molar-refractivity contribution in [3.8, 4) is 11.3 Å². The van der Waals surface area contributed by atoms with Gasteiger partial charge in [0.1, 0.15) is 0 Å². The average molecular weight is 421 g/mol. The van der Waals surface area contributed by atoms with Gasteiger partial charge in [0.2, 0.25) is 5.91 Å². The summed E-state index contributed by atoms with van der Waals surface area (Å²) in [7, 11) is 0. The SMILES string of the molecule is CCc1ccc(-c2ccc(N3CCN(C(=O)Cc4ccccc4Cl)CC3)nn2)cc1. The number of halogens is 1. The molecule has 0 saturated carbocycles. The Labute approximate surface area is 182 Å². The lowest BCUT2D eigenvalue weighted by Crippen LogP contribution is -2.49. The van der Waals surface area contributed by atoms with Crippen molar-refractivity contribution in [3.05, 3.63) is 76.8 Å². The van der Waals surface area contributed by atoms with Gasteiger partial charge in [0.15, 0.2) is 5.82 Å². The molecule has 3 aromatic rings. The van der Waals surface area contributed by atoms with Gasteiger partial charge in [-0.2, -0.15) is 0 Å². The largest absolute Gasteiger partial charge is 0.352 e. The molecule has 6 heteroatoms. The summed E-state index contributed by atoms with van der Waals surface area (Å²) in [6.45, 7) is 4.98. The van der Waals surface area contributed by atoms with Crippen LogP contribution in [0.3, 0.4) is 0 Å².